The molecule has 0 bridgehead atoms. The highest BCUT2D eigenvalue weighted by Crippen LogP contribution is 2.26. The molecule has 1 aromatic rings. The summed E-state index contributed by atoms with van der Waals surface area (Å²) in [4.78, 5) is 4.04. The number of ether oxygens (including phenoxy) is 1. The van der Waals surface area contributed by atoms with Gasteiger partial charge in [0.1, 0.15) is 0 Å². The van der Waals surface area contributed by atoms with Crippen LogP contribution in [0.3, 0.4) is 0 Å². The molecule has 6 nitrogen and oxygen atoms in total. The Morgan fingerprint density at radius 1 is 1.55 bits per heavy atom. The Morgan fingerprint density at radius 3 is 3.05 bits per heavy atom. The van der Waals surface area contributed by atoms with Crippen LogP contribution in [0, 0.1) is 5.92 Å². The molecule has 1 aromatic heterocycles. The van der Waals surface area contributed by atoms with Crippen LogP contribution in [0.1, 0.15) is 12.8 Å². The predicted molar refractivity (Wildman–Crippen MR) is 77.1 cm³/mol. The number of anilines is 1. The number of nitrogens with zero attached hydrogens (tertiary/aromatic N) is 2. The molecule has 1 aliphatic rings. The molecule has 1 N–H and O–H groups in total. The van der Waals surface area contributed by atoms with Gasteiger partial charge in [-0.25, -0.2) is 13.4 Å². The minimum Gasteiger partial charge on any atom is -0.386 e. The van der Waals surface area contributed by atoms with Crippen LogP contribution in [0.15, 0.2) is 23.4 Å². The molecule has 1 unspecified atom stereocenters. The van der Waals surface area contributed by atoms with Gasteiger partial charge in [0.15, 0.2) is 5.03 Å². The third-order valence-corrected chi connectivity index (χ3v) is 5.33. The van der Waals surface area contributed by atoms with Gasteiger partial charge in [0, 0.05) is 33.4 Å². The lowest BCUT2D eigenvalue weighted by atomic mass is 10.0. The lowest BCUT2D eigenvalue weighted by molar-refractivity contribution is 0.118. The van der Waals surface area contributed by atoms with Crippen molar-refractivity contribution in [2.75, 3.05) is 39.2 Å². The largest absolute Gasteiger partial charge is 0.386 e. The SMILES string of the molecule is CNc1cccnc1S(=O)(=O)N1CCCC(COC)C1. The monoisotopic (exact) mass is 299 g/mol. The summed E-state index contributed by atoms with van der Waals surface area (Å²) >= 11 is 0. The molecule has 0 spiro atoms. The maximum Gasteiger partial charge on any atom is 0.262 e. The van der Waals surface area contributed by atoms with E-state index in [0.29, 0.717) is 25.4 Å². The first-order valence-corrected chi connectivity index (χ1v) is 8.15. The minimum absolute atomic E-state index is 0.0977. The van der Waals surface area contributed by atoms with Crippen LogP contribution in [0.25, 0.3) is 0 Å². The molecule has 0 amide bonds. The molecule has 1 saturated heterocycles. The van der Waals surface area contributed by atoms with Gasteiger partial charge < -0.3 is 10.1 Å². The second-order valence-electron chi connectivity index (χ2n) is 4.93. The van der Waals surface area contributed by atoms with E-state index in [1.165, 1.54) is 10.5 Å². The highest BCUT2D eigenvalue weighted by atomic mass is 32.2. The number of hydrogen-bond donors (Lipinski definition) is 1. The highest BCUT2D eigenvalue weighted by molar-refractivity contribution is 7.89. The van der Waals surface area contributed by atoms with Gasteiger partial charge >= 0.3 is 0 Å². The van der Waals surface area contributed by atoms with Crippen LogP contribution < -0.4 is 5.32 Å². The summed E-state index contributed by atoms with van der Waals surface area (Å²) in [6.07, 6.45) is 3.36. The first-order valence-electron chi connectivity index (χ1n) is 6.71. The van der Waals surface area contributed by atoms with E-state index in [9.17, 15) is 8.42 Å². The normalized spacial score (nSPS) is 20.8. The lowest BCUT2D eigenvalue weighted by Crippen LogP contribution is -2.41. The van der Waals surface area contributed by atoms with E-state index >= 15 is 0 Å². The third-order valence-electron chi connectivity index (χ3n) is 3.51. The number of hydrogen-bond acceptors (Lipinski definition) is 5. The summed E-state index contributed by atoms with van der Waals surface area (Å²) in [6.45, 7) is 1.63. The third kappa shape index (κ3) is 3.11. The first-order chi connectivity index (χ1) is 9.59. The average molecular weight is 299 g/mol. The minimum atomic E-state index is -3.55. The summed E-state index contributed by atoms with van der Waals surface area (Å²) in [5.41, 5.74) is 0.529. The fourth-order valence-electron chi connectivity index (χ4n) is 2.53. The molecule has 7 heteroatoms. The van der Waals surface area contributed by atoms with Crippen molar-refractivity contribution in [3.8, 4) is 0 Å². The average Bonchev–Trinajstić information content (AvgIpc) is 2.48. The van der Waals surface area contributed by atoms with Gasteiger partial charge in [-0.15, -0.1) is 0 Å². The maximum absolute atomic E-state index is 12.7. The Hall–Kier alpha value is -1.18. The quantitative estimate of drug-likeness (QED) is 0.883. The number of aromatic nitrogens is 1. The van der Waals surface area contributed by atoms with Crippen molar-refractivity contribution in [3.63, 3.8) is 0 Å². The van der Waals surface area contributed by atoms with Crippen molar-refractivity contribution in [1.82, 2.24) is 9.29 Å². The van der Waals surface area contributed by atoms with Gasteiger partial charge in [0.05, 0.1) is 12.3 Å². The topological polar surface area (TPSA) is 71.5 Å². The molecule has 1 aliphatic heterocycles. The molecule has 0 aliphatic carbocycles. The molecule has 2 rings (SSSR count). The van der Waals surface area contributed by atoms with Gasteiger partial charge in [-0.05, 0) is 30.9 Å². The van der Waals surface area contributed by atoms with Crippen molar-refractivity contribution in [2.45, 2.75) is 17.9 Å². The Balaban J connectivity index is 2.25. The van der Waals surface area contributed by atoms with E-state index in [1.54, 1.807) is 26.3 Å². The molecular weight excluding hydrogens is 278 g/mol. The van der Waals surface area contributed by atoms with Crippen LogP contribution in [-0.4, -0.2) is 51.6 Å². The van der Waals surface area contributed by atoms with Crippen LogP contribution in [0.5, 0.6) is 0 Å². The summed E-state index contributed by atoms with van der Waals surface area (Å²) in [5, 5.41) is 2.98. The van der Waals surface area contributed by atoms with Gasteiger partial charge in [-0.1, -0.05) is 0 Å². The molecule has 112 valence electrons. The van der Waals surface area contributed by atoms with Gasteiger partial charge in [0.25, 0.3) is 10.0 Å². The van der Waals surface area contributed by atoms with Crippen LogP contribution in [0.2, 0.25) is 0 Å². The number of rotatable bonds is 5. The van der Waals surface area contributed by atoms with Crippen molar-refractivity contribution < 1.29 is 13.2 Å². The number of nitrogens with one attached hydrogen (secondary N) is 1. The molecule has 0 aromatic carbocycles. The van der Waals surface area contributed by atoms with E-state index in [-0.39, 0.29) is 10.9 Å². The number of methoxy groups -OCH3 is 1. The molecule has 2 heterocycles. The second kappa shape index (κ2) is 6.51. The van der Waals surface area contributed by atoms with Gasteiger partial charge in [-0.2, -0.15) is 4.31 Å². The molecule has 1 fully saturated rings. The van der Waals surface area contributed by atoms with Crippen molar-refractivity contribution in [2.24, 2.45) is 5.92 Å². The summed E-state index contributed by atoms with van der Waals surface area (Å²) in [6, 6.07) is 3.44. The van der Waals surface area contributed by atoms with E-state index < -0.39 is 10.0 Å². The van der Waals surface area contributed by atoms with Crippen molar-refractivity contribution in [1.29, 1.82) is 0 Å². The fraction of sp³-hybridized carbons (Fsp3) is 0.615. The molecule has 0 saturated carbocycles. The molecular formula is C13H21N3O3S. The van der Waals surface area contributed by atoms with Crippen LogP contribution in [0.4, 0.5) is 5.69 Å². The Labute approximate surface area is 120 Å². The van der Waals surface area contributed by atoms with Crippen LogP contribution >= 0.6 is 0 Å². The molecule has 0 radical (unpaired) electrons. The first kappa shape index (κ1) is 15.2. The highest BCUT2D eigenvalue weighted by Gasteiger charge is 2.32. The van der Waals surface area contributed by atoms with Gasteiger partial charge in [-0.3, -0.25) is 0 Å². The van der Waals surface area contributed by atoms with Crippen molar-refractivity contribution in [3.05, 3.63) is 18.3 Å². The Bertz CT molecular complexity index is 546. The lowest BCUT2D eigenvalue weighted by Gasteiger charge is -2.31. The Morgan fingerprint density at radius 2 is 2.35 bits per heavy atom. The second-order valence-corrected chi connectivity index (χ2v) is 6.79. The zero-order valence-electron chi connectivity index (χ0n) is 11.9. The summed E-state index contributed by atoms with van der Waals surface area (Å²) in [5.74, 6) is 0.255. The van der Waals surface area contributed by atoms with Crippen molar-refractivity contribution >= 4 is 15.7 Å². The number of pyridine rings is 1. The summed E-state index contributed by atoms with van der Waals surface area (Å²) < 4.78 is 32.1. The fourth-order valence-corrected chi connectivity index (χ4v) is 4.19. The molecule has 20 heavy (non-hydrogen) atoms. The number of piperidine rings is 1. The van der Waals surface area contributed by atoms with E-state index in [0.717, 1.165) is 12.8 Å². The predicted octanol–water partition coefficient (Wildman–Crippen LogP) is 1.17. The van der Waals surface area contributed by atoms with E-state index in [2.05, 4.69) is 10.3 Å². The Kier molecular flexibility index (Phi) is 4.95. The smallest absolute Gasteiger partial charge is 0.262 e. The van der Waals surface area contributed by atoms with E-state index in [1.807, 2.05) is 0 Å². The standard InChI is InChI=1S/C13H21N3O3S/c1-14-12-6-3-7-15-13(12)20(17,18)16-8-4-5-11(9-16)10-19-2/h3,6-7,11,14H,4-5,8-10H2,1-2H3. The zero-order valence-corrected chi connectivity index (χ0v) is 12.7. The van der Waals surface area contributed by atoms with E-state index in [4.69, 9.17) is 4.74 Å². The van der Waals surface area contributed by atoms with Crippen LogP contribution in [-0.2, 0) is 14.8 Å². The van der Waals surface area contributed by atoms with Gasteiger partial charge in [0.2, 0.25) is 0 Å². The number of sulfonamides is 1. The zero-order chi connectivity index (χ0) is 14.6. The summed E-state index contributed by atoms with van der Waals surface area (Å²) in [7, 11) is -0.213. The molecule has 1 atom stereocenters. The maximum atomic E-state index is 12.7.